The van der Waals surface area contributed by atoms with Crippen LogP contribution in [0.4, 0.5) is 0 Å². The van der Waals surface area contributed by atoms with Gasteiger partial charge in [-0.05, 0) is 25.7 Å². The number of carbonyl (C=O) groups is 2. The van der Waals surface area contributed by atoms with E-state index in [-0.39, 0.29) is 11.8 Å². The lowest BCUT2D eigenvalue weighted by Crippen LogP contribution is -2.22. The monoisotopic (exact) mass is 305 g/mol. The summed E-state index contributed by atoms with van der Waals surface area (Å²) in [6.45, 7) is 3.74. The second kappa shape index (κ2) is 12.2. The molecule has 22 heavy (non-hydrogen) atoms. The molecule has 0 aromatic rings. The summed E-state index contributed by atoms with van der Waals surface area (Å²) in [6.07, 6.45) is 20.2. The molecule has 3 nitrogen and oxygen atoms in total. The zero-order valence-corrected chi connectivity index (χ0v) is 13.9. The molecule has 1 saturated heterocycles. The van der Waals surface area contributed by atoms with E-state index in [1.54, 1.807) is 6.20 Å². The fourth-order valence-corrected chi connectivity index (χ4v) is 2.73. The predicted molar refractivity (Wildman–Crippen MR) is 91.2 cm³/mol. The summed E-state index contributed by atoms with van der Waals surface area (Å²) in [5.41, 5.74) is 0. The van der Waals surface area contributed by atoms with Crippen LogP contribution in [-0.2, 0) is 9.59 Å². The van der Waals surface area contributed by atoms with Gasteiger partial charge in [0.15, 0.2) is 0 Å². The fraction of sp³-hybridized carbons (Fsp3) is 0.684. The molecule has 0 aromatic carbocycles. The Morgan fingerprint density at radius 3 is 1.73 bits per heavy atom. The number of carbonyl (C=O) groups excluding carboxylic acids is 2. The van der Waals surface area contributed by atoms with Crippen molar-refractivity contribution >= 4 is 11.8 Å². The second-order valence-electron chi connectivity index (χ2n) is 6.09. The van der Waals surface area contributed by atoms with Gasteiger partial charge in [-0.1, -0.05) is 57.1 Å². The summed E-state index contributed by atoms with van der Waals surface area (Å²) in [4.78, 5) is 24.0. The Kier molecular flexibility index (Phi) is 10.3. The fourth-order valence-electron chi connectivity index (χ4n) is 2.73. The molecule has 1 fully saturated rings. The molecule has 1 aliphatic rings. The van der Waals surface area contributed by atoms with E-state index in [1.165, 1.54) is 56.3 Å². The highest BCUT2D eigenvalue weighted by Gasteiger charge is 2.26. The van der Waals surface area contributed by atoms with Gasteiger partial charge >= 0.3 is 0 Å². The molecular formula is C19H31NO2. The average molecular weight is 305 g/mol. The van der Waals surface area contributed by atoms with Gasteiger partial charge in [-0.15, -0.1) is 6.58 Å². The van der Waals surface area contributed by atoms with Crippen LogP contribution < -0.4 is 0 Å². The lowest BCUT2D eigenvalue weighted by molar-refractivity contribution is -0.135. The largest absolute Gasteiger partial charge is 0.274 e. The molecule has 0 saturated carbocycles. The molecule has 1 heterocycles. The predicted octanol–water partition coefficient (Wildman–Crippen LogP) is 5.13. The van der Waals surface area contributed by atoms with Crippen LogP contribution in [0.15, 0.2) is 24.9 Å². The van der Waals surface area contributed by atoms with Crippen molar-refractivity contribution in [2.45, 2.75) is 83.5 Å². The highest BCUT2D eigenvalue weighted by molar-refractivity contribution is 6.02. The molecule has 1 rings (SSSR count). The third-order valence-electron chi connectivity index (χ3n) is 4.12. The minimum atomic E-state index is -0.0608. The van der Waals surface area contributed by atoms with Crippen molar-refractivity contribution in [2.24, 2.45) is 0 Å². The highest BCUT2D eigenvalue weighted by Crippen LogP contribution is 2.14. The molecular weight excluding hydrogens is 274 g/mol. The maximum Gasteiger partial charge on any atom is 0.233 e. The molecule has 0 aliphatic carbocycles. The Bertz CT molecular complexity index is 358. The van der Waals surface area contributed by atoms with Crippen LogP contribution in [0.1, 0.15) is 83.5 Å². The minimum Gasteiger partial charge on any atom is -0.274 e. The van der Waals surface area contributed by atoms with Gasteiger partial charge in [0.2, 0.25) is 11.8 Å². The van der Waals surface area contributed by atoms with E-state index in [2.05, 4.69) is 6.58 Å². The Labute approximate surface area is 135 Å². The van der Waals surface area contributed by atoms with Crippen LogP contribution in [0.25, 0.3) is 0 Å². The van der Waals surface area contributed by atoms with Crippen LogP contribution in [-0.4, -0.2) is 16.7 Å². The number of nitrogens with zero attached hydrogens (tertiary/aromatic N) is 1. The van der Waals surface area contributed by atoms with Crippen LogP contribution in [0.3, 0.4) is 0 Å². The van der Waals surface area contributed by atoms with Crippen LogP contribution >= 0.6 is 0 Å². The number of rotatable bonds is 13. The Balaban J connectivity index is 1.86. The summed E-state index contributed by atoms with van der Waals surface area (Å²) >= 11 is 0. The summed E-state index contributed by atoms with van der Waals surface area (Å²) in [5.74, 6) is -0.122. The van der Waals surface area contributed by atoms with Crippen LogP contribution in [0.5, 0.6) is 0 Å². The Morgan fingerprint density at radius 1 is 0.773 bits per heavy atom. The molecule has 3 heteroatoms. The number of likely N-dealkylation sites (tertiary alicyclic amines) is 1. The third kappa shape index (κ3) is 8.16. The maximum atomic E-state index is 11.4. The number of allylic oxidation sites excluding steroid dienone is 2. The quantitative estimate of drug-likeness (QED) is 0.269. The zero-order chi connectivity index (χ0) is 16.0. The van der Waals surface area contributed by atoms with Gasteiger partial charge in [0, 0.05) is 19.0 Å². The maximum absolute atomic E-state index is 11.4. The lowest BCUT2D eigenvalue weighted by Gasteiger charge is -2.06. The van der Waals surface area contributed by atoms with E-state index in [1.807, 2.05) is 12.2 Å². The van der Waals surface area contributed by atoms with E-state index in [4.69, 9.17) is 0 Å². The normalized spacial score (nSPS) is 15.2. The van der Waals surface area contributed by atoms with E-state index in [9.17, 15) is 9.59 Å². The molecule has 2 amide bonds. The van der Waals surface area contributed by atoms with Gasteiger partial charge in [-0.25, -0.2) is 0 Å². The first-order chi connectivity index (χ1) is 10.8. The molecule has 0 bridgehead atoms. The summed E-state index contributed by atoms with van der Waals surface area (Å²) in [7, 11) is 0. The molecule has 0 aromatic heterocycles. The number of amides is 2. The van der Waals surface area contributed by atoms with E-state index < -0.39 is 0 Å². The van der Waals surface area contributed by atoms with E-state index in [0.717, 1.165) is 19.3 Å². The summed E-state index contributed by atoms with van der Waals surface area (Å²) < 4.78 is 0. The topological polar surface area (TPSA) is 37.4 Å². The Morgan fingerprint density at radius 2 is 1.23 bits per heavy atom. The Hall–Kier alpha value is -1.38. The lowest BCUT2D eigenvalue weighted by atomic mass is 10.1. The first-order valence-electron chi connectivity index (χ1n) is 8.88. The van der Waals surface area contributed by atoms with Crippen molar-refractivity contribution in [3.8, 4) is 0 Å². The first kappa shape index (κ1) is 18.7. The number of hydrogen-bond donors (Lipinski definition) is 0. The molecule has 0 spiro atoms. The van der Waals surface area contributed by atoms with Gasteiger partial charge in [0.25, 0.3) is 0 Å². The minimum absolute atomic E-state index is 0.0608. The van der Waals surface area contributed by atoms with Crippen molar-refractivity contribution in [3.05, 3.63) is 24.9 Å². The van der Waals surface area contributed by atoms with Gasteiger partial charge in [0.1, 0.15) is 0 Å². The molecule has 124 valence electrons. The van der Waals surface area contributed by atoms with Crippen molar-refractivity contribution in [1.82, 2.24) is 4.90 Å². The standard InChI is InChI=1S/C19H31NO2/c1-2-3-4-5-6-7-8-9-10-11-12-13-14-17-20-18(21)15-16-19(20)22/h2,14,17H,1,3-13,15-16H2. The first-order valence-corrected chi connectivity index (χ1v) is 8.88. The smallest absolute Gasteiger partial charge is 0.233 e. The summed E-state index contributed by atoms with van der Waals surface area (Å²) in [6, 6.07) is 0. The van der Waals surface area contributed by atoms with Crippen molar-refractivity contribution in [2.75, 3.05) is 0 Å². The molecule has 1 aliphatic heterocycles. The number of hydrogen-bond acceptors (Lipinski definition) is 2. The molecule has 0 unspecified atom stereocenters. The average Bonchev–Trinajstić information content (AvgIpc) is 2.83. The van der Waals surface area contributed by atoms with Crippen molar-refractivity contribution < 1.29 is 9.59 Å². The molecule has 0 N–H and O–H groups in total. The summed E-state index contributed by atoms with van der Waals surface area (Å²) in [5, 5.41) is 0. The second-order valence-corrected chi connectivity index (χ2v) is 6.09. The van der Waals surface area contributed by atoms with E-state index in [0.29, 0.717) is 12.8 Å². The van der Waals surface area contributed by atoms with Gasteiger partial charge < -0.3 is 0 Å². The van der Waals surface area contributed by atoms with Gasteiger partial charge in [0.05, 0.1) is 0 Å². The van der Waals surface area contributed by atoms with Crippen molar-refractivity contribution in [3.63, 3.8) is 0 Å². The molecule has 0 atom stereocenters. The van der Waals surface area contributed by atoms with Crippen LogP contribution in [0.2, 0.25) is 0 Å². The number of unbranched alkanes of at least 4 members (excludes halogenated alkanes) is 10. The van der Waals surface area contributed by atoms with Crippen molar-refractivity contribution in [1.29, 1.82) is 0 Å². The van der Waals surface area contributed by atoms with Gasteiger partial charge in [-0.2, -0.15) is 0 Å². The highest BCUT2D eigenvalue weighted by atomic mass is 16.2. The van der Waals surface area contributed by atoms with Gasteiger partial charge in [-0.3, -0.25) is 14.5 Å². The third-order valence-corrected chi connectivity index (χ3v) is 4.12. The van der Waals surface area contributed by atoms with E-state index >= 15 is 0 Å². The number of imide groups is 1. The molecule has 0 radical (unpaired) electrons. The zero-order valence-electron chi connectivity index (χ0n) is 13.9. The SMILES string of the molecule is C=CCCCCCCCCCCCC=CN1C(=O)CCC1=O. The van der Waals surface area contributed by atoms with Crippen LogP contribution in [0, 0.1) is 0 Å².